The van der Waals surface area contributed by atoms with Gasteiger partial charge >= 0.3 is 0 Å². The molecule has 2 heterocycles. The highest BCUT2D eigenvalue weighted by Crippen LogP contribution is 2.38. The number of benzene rings is 2. The maximum atomic E-state index is 6.09. The summed E-state index contributed by atoms with van der Waals surface area (Å²) in [7, 11) is 0. The van der Waals surface area contributed by atoms with E-state index < -0.39 is 0 Å². The maximum absolute atomic E-state index is 6.09. The molecule has 2 saturated heterocycles. The Kier molecular flexibility index (Phi) is 5.87. The van der Waals surface area contributed by atoms with Gasteiger partial charge in [-0.2, -0.15) is 0 Å². The van der Waals surface area contributed by atoms with Crippen LogP contribution in [0.25, 0.3) is 0 Å². The van der Waals surface area contributed by atoms with Crippen molar-refractivity contribution in [2.45, 2.75) is 63.6 Å². The molecule has 154 valence electrons. The predicted octanol–water partition coefficient (Wildman–Crippen LogP) is 5.71. The smallest absolute Gasteiger partial charge is 0.127 e. The fourth-order valence-corrected chi connectivity index (χ4v) is 6.00. The first-order valence-corrected chi connectivity index (χ1v) is 11.7. The first-order valence-electron chi connectivity index (χ1n) is 11.7. The topological polar surface area (TPSA) is 15.7 Å². The summed E-state index contributed by atoms with van der Waals surface area (Å²) in [5.74, 6) is 2.74. The number of rotatable bonds is 5. The Morgan fingerprint density at radius 3 is 2.45 bits per heavy atom. The normalized spacial score (nSPS) is 26.3. The molecule has 0 amide bonds. The summed E-state index contributed by atoms with van der Waals surface area (Å²) in [6.45, 7) is 4.83. The Balaban J connectivity index is 1.33. The van der Waals surface area contributed by atoms with Crippen LogP contribution in [0.5, 0.6) is 11.5 Å². The molecule has 0 bridgehead atoms. The molecule has 3 heteroatoms. The Bertz CT molecular complexity index is 786. The Morgan fingerprint density at radius 1 is 0.759 bits per heavy atom. The molecule has 1 saturated carbocycles. The van der Waals surface area contributed by atoms with Gasteiger partial charge in [-0.3, -0.25) is 9.80 Å². The quantitative estimate of drug-likeness (QED) is 0.650. The molecule has 3 fully saturated rings. The molecule has 5 rings (SSSR count). The fourth-order valence-electron chi connectivity index (χ4n) is 6.00. The zero-order chi connectivity index (χ0) is 19.5. The molecular formula is C26H34N2O. The van der Waals surface area contributed by atoms with Crippen LogP contribution < -0.4 is 4.74 Å². The van der Waals surface area contributed by atoms with Gasteiger partial charge in [-0.1, -0.05) is 49.6 Å². The summed E-state index contributed by atoms with van der Waals surface area (Å²) < 4.78 is 6.09. The second kappa shape index (κ2) is 8.89. The van der Waals surface area contributed by atoms with E-state index in [4.69, 9.17) is 4.74 Å². The fraction of sp³-hybridized carbons (Fsp3) is 0.538. The molecule has 0 N–H and O–H groups in total. The second-order valence-corrected chi connectivity index (χ2v) is 9.17. The summed E-state index contributed by atoms with van der Waals surface area (Å²) in [6, 6.07) is 20.4. The van der Waals surface area contributed by atoms with Crippen molar-refractivity contribution in [1.29, 1.82) is 0 Å². The van der Waals surface area contributed by atoms with E-state index >= 15 is 0 Å². The lowest BCUT2D eigenvalue weighted by Crippen LogP contribution is -2.59. The Labute approximate surface area is 175 Å². The van der Waals surface area contributed by atoms with Crippen molar-refractivity contribution >= 4 is 0 Å². The van der Waals surface area contributed by atoms with Crippen LogP contribution in [0.1, 0.15) is 50.5 Å². The molecule has 2 aromatic carbocycles. The van der Waals surface area contributed by atoms with Crippen LogP contribution in [0.3, 0.4) is 0 Å². The monoisotopic (exact) mass is 390 g/mol. The third-order valence-corrected chi connectivity index (χ3v) is 7.30. The van der Waals surface area contributed by atoms with Gasteiger partial charge in [-0.05, 0) is 68.0 Å². The molecule has 2 atom stereocenters. The number of nitrogens with zero attached hydrogens (tertiary/aromatic N) is 2. The number of fused-ring (bicyclic) bond motifs is 1. The third kappa shape index (κ3) is 4.36. The molecule has 0 unspecified atom stereocenters. The highest BCUT2D eigenvalue weighted by Gasteiger charge is 2.42. The molecule has 0 aromatic heterocycles. The van der Waals surface area contributed by atoms with Gasteiger partial charge in [-0.25, -0.2) is 0 Å². The van der Waals surface area contributed by atoms with Crippen LogP contribution in [0, 0.1) is 5.92 Å². The van der Waals surface area contributed by atoms with Gasteiger partial charge in [0, 0.05) is 31.7 Å². The lowest BCUT2D eigenvalue weighted by Gasteiger charge is -2.49. The molecule has 2 aliphatic heterocycles. The van der Waals surface area contributed by atoms with Crippen LogP contribution in [0.2, 0.25) is 0 Å². The standard InChI is InChI=1S/C26H34N2O/c1-3-10-22(11-4-1)26-25-15-8-16-27(25)17-18-28(26)20-21-9-7-14-24(19-21)29-23-12-5-2-6-13-23/h2,5-7,9,12-14,19,22,25-26H,1,3-4,8,10-11,15-18,20H2/t25-,26+/m1/s1. The van der Waals surface area contributed by atoms with Crippen LogP contribution in [-0.4, -0.2) is 41.5 Å². The summed E-state index contributed by atoms with van der Waals surface area (Å²) in [4.78, 5) is 5.62. The van der Waals surface area contributed by atoms with E-state index in [0.717, 1.165) is 36.0 Å². The van der Waals surface area contributed by atoms with E-state index in [1.165, 1.54) is 70.1 Å². The van der Waals surface area contributed by atoms with Crippen molar-refractivity contribution < 1.29 is 4.74 Å². The molecule has 0 radical (unpaired) electrons. The van der Waals surface area contributed by atoms with Gasteiger partial charge in [0.15, 0.2) is 0 Å². The molecular weight excluding hydrogens is 356 g/mol. The minimum absolute atomic E-state index is 0.741. The van der Waals surface area contributed by atoms with Gasteiger partial charge in [0.1, 0.15) is 11.5 Å². The highest BCUT2D eigenvalue weighted by atomic mass is 16.5. The maximum Gasteiger partial charge on any atom is 0.127 e. The van der Waals surface area contributed by atoms with Gasteiger partial charge in [0.25, 0.3) is 0 Å². The minimum Gasteiger partial charge on any atom is -0.457 e. The third-order valence-electron chi connectivity index (χ3n) is 7.30. The molecule has 1 aliphatic carbocycles. The van der Waals surface area contributed by atoms with Gasteiger partial charge < -0.3 is 4.74 Å². The van der Waals surface area contributed by atoms with Crippen LogP contribution in [0.4, 0.5) is 0 Å². The van der Waals surface area contributed by atoms with Crippen LogP contribution in [-0.2, 0) is 6.54 Å². The SMILES string of the molecule is c1ccc(Oc2cccc(CN3CCN4CCC[C@@H]4[C@@H]3C3CCCCC3)c2)cc1. The van der Waals surface area contributed by atoms with Gasteiger partial charge in [0.05, 0.1) is 0 Å². The van der Waals surface area contributed by atoms with E-state index in [0.29, 0.717) is 0 Å². The van der Waals surface area contributed by atoms with E-state index in [1.54, 1.807) is 0 Å². The van der Waals surface area contributed by atoms with Crippen molar-refractivity contribution in [3.63, 3.8) is 0 Å². The number of hydrogen-bond donors (Lipinski definition) is 0. The summed E-state index contributed by atoms with van der Waals surface area (Å²) in [5.41, 5.74) is 1.38. The molecule has 2 aromatic rings. The predicted molar refractivity (Wildman–Crippen MR) is 118 cm³/mol. The van der Waals surface area contributed by atoms with E-state index in [2.05, 4.69) is 34.1 Å². The average Bonchev–Trinajstić information content (AvgIpc) is 3.24. The minimum atomic E-state index is 0.741. The number of piperazine rings is 1. The highest BCUT2D eigenvalue weighted by molar-refractivity contribution is 5.34. The second-order valence-electron chi connectivity index (χ2n) is 9.17. The largest absolute Gasteiger partial charge is 0.457 e. The first kappa shape index (κ1) is 19.1. The van der Waals surface area contributed by atoms with Crippen molar-refractivity contribution in [2.24, 2.45) is 5.92 Å². The Hall–Kier alpha value is -1.84. The molecule has 3 aliphatic rings. The zero-order valence-corrected chi connectivity index (χ0v) is 17.5. The van der Waals surface area contributed by atoms with E-state index in [1.807, 2.05) is 30.3 Å². The molecule has 0 spiro atoms. The molecule has 3 nitrogen and oxygen atoms in total. The van der Waals surface area contributed by atoms with E-state index in [-0.39, 0.29) is 0 Å². The lowest BCUT2D eigenvalue weighted by molar-refractivity contribution is -0.00381. The molecule has 29 heavy (non-hydrogen) atoms. The summed E-state index contributed by atoms with van der Waals surface area (Å²) in [5, 5.41) is 0. The Morgan fingerprint density at radius 2 is 1.59 bits per heavy atom. The van der Waals surface area contributed by atoms with Crippen LogP contribution >= 0.6 is 0 Å². The summed E-state index contributed by atoms with van der Waals surface area (Å²) >= 11 is 0. The zero-order valence-electron chi connectivity index (χ0n) is 17.5. The first-order chi connectivity index (χ1) is 14.4. The lowest BCUT2D eigenvalue weighted by atomic mass is 9.78. The van der Waals surface area contributed by atoms with Crippen molar-refractivity contribution in [2.75, 3.05) is 19.6 Å². The van der Waals surface area contributed by atoms with Gasteiger partial charge in [0.2, 0.25) is 0 Å². The number of para-hydroxylation sites is 1. The number of hydrogen-bond acceptors (Lipinski definition) is 3. The van der Waals surface area contributed by atoms with Gasteiger partial charge in [-0.15, -0.1) is 0 Å². The van der Waals surface area contributed by atoms with Crippen molar-refractivity contribution in [3.8, 4) is 11.5 Å². The van der Waals surface area contributed by atoms with Crippen LogP contribution in [0.15, 0.2) is 54.6 Å². The number of ether oxygens (including phenoxy) is 1. The van der Waals surface area contributed by atoms with Crippen molar-refractivity contribution in [1.82, 2.24) is 9.80 Å². The van der Waals surface area contributed by atoms with Crippen molar-refractivity contribution in [3.05, 3.63) is 60.2 Å². The van der Waals surface area contributed by atoms with E-state index in [9.17, 15) is 0 Å². The summed E-state index contributed by atoms with van der Waals surface area (Å²) in [6.07, 6.45) is 9.96. The average molecular weight is 391 g/mol.